The summed E-state index contributed by atoms with van der Waals surface area (Å²) in [5.41, 5.74) is 0. The average molecular weight is 378 g/mol. The first-order chi connectivity index (χ1) is 11.0. The van der Waals surface area contributed by atoms with Gasteiger partial charge in [-0.15, -0.1) is 11.8 Å². The van der Waals surface area contributed by atoms with Crippen molar-refractivity contribution in [3.8, 4) is 0 Å². The quantitative estimate of drug-likeness (QED) is 0.242. The maximum Gasteiger partial charge on any atom is 0.453 e. The number of hydrogen-bond donors (Lipinski definition) is 0. The van der Waals surface area contributed by atoms with Gasteiger partial charge in [-0.2, -0.15) is 22.0 Å². The molecule has 0 amide bonds. The molecule has 24 heavy (non-hydrogen) atoms. The van der Waals surface area contributed by atoms with Gasteiger partial charge in [0.05, 0.1) is 6.61 Å². The molecule has 0 heterocycles. The van der Waals surface area contributed by atoms with Crippen LogP contribution in [0.2, 0.25) is 0 Å². The van der Waals surface area contributed by atoms with E-state index in [9.17, 15) is 26.7 Å². The number of ether oxygens (including phenoxy) is 1. The second-order valence-corrected chi connectivity index (χ2v) is 7.32. The van der Waals surface area contributed by atoms with E-state index in [4.69, 9.17) is 4.74 Å². The van der Waals surface area contributed by atoms with Crippen molar-refractivity contribution in [2.75, 3.05) is 12.4 Å². The van der Waals surface area contributed by atoms with Gasteiger partial charge in [0.15, 0.2) is 0 Å². The Bertz CT molecular complexity index is 359. The van der Waals surface area contributed by atoms with Gasteiger partial charge in [0.1, 0.15) is 5.25 Å². The third-order valence-electron chi connectivity index (χ3n) is 3.43. The van der Waals surface area contributed by atoms with E-state index >= 15 is 0 Å². The highest BCUT2D eigenvalue weighted by Gasteiger charge is 2.56. The lowest BCUT2D eigenvalue weighted by molar-refractivity contribution is -0.284. The van der Waals surface area contributed by atoms with Gasteiger partial charge in [0.25, 0.3) is 0 Å². The van der Waals surface area contributed by atoms with Gasteiger partial charge in [-0.05, 0) is 30.9 Å². The van der Waals surface area contributed by atoms with E-state index in [2.05, 4.69) is 0 Å². The maximum absolute atomic E-state index is 12.7. The summed E-state index contributed by atoms with van der Waals surface area (Å²) in [5, 5.41) is -0.335. The minimum absolute atomic E-state index is 0.0682. The fourth-order valence-electron chi connectivity index (χ4n) is 1.91. The van der Waals surface area contributed by atoms with Crippen molar-refractivity contribution in [2.24, 2.45) is 5.92 Å². The highest BCUT2D eigenvalue weighted by atomic mass is 32.2. The lowest BCUT2D eigenvalue weighted by Crippen LogP contribution is -2.36. The monoisotopic (exact) mass is 378 g/mol. The van der Waals surface area contributed by atoms with E-state index in [0.717, 1.165) is 12.8 Å². The molecular weight excluding hydrogens is 351 g/mol. The first-order valence-electron chi connectivity index (χ1n) is 8.25. The van der Waals surface area contributed by atoms with E-state index in [1.165, 1.54) is 11.8 Å². The summed E-state index contributed by atoms with van der Waals surface area (Å²) >= 11 is 1.37. The van der Waals surface area contributed by atoms with Crippen LogP contribution in [0.3, 0.4) is 0 Å². The number of hydrogen-bond acceptors (Lipinski definition) is 3. The summed E-state index contributed by atoms with van der Waals surface area (Å²) in [6, 6.07) is 0. The third kappa shape index (κ3) is 9.08. The molecule has 8 heteroatoms. The summed E-state index contributed by atoms with van der Waals surface area (Å²) in [6.45, 7) is 6.15. The number of esters is 1. The van der Waals surface area contributed by atoms with Gasteiger partial charge in [0.2, 0.25) is 0 Å². The van der Waals surface area contributed by atoms with Crippen molar-refractivity contribution in [2.45, 2.75) is 76.6 Å². The van der Waals surface area contributed by atoms with Gasteiger partial charge >= 0.3 is 18.1 Å². The summed E-state index contributed by atoms with van der Waals surface area (Å²) in [5.74, 6) is -4.31. The molecule has 144 valence electrons. The minimum atomic E-state index is -5.48. The second kappa shape index (κ2) is 11.2. The van der Waals surface area contributed by atoms with Crippen LogP contribution in [0.25, 0.3) is 0 Å². The molecule has 0 bridgehead atoms. The Balaban J connectivity index is 4.03. The minimum Gasteiger partial charge on any atom is -0.465 e. The molecule has 0 fully saturated rings. The molecule has 0 N–H and O–H groups in total. The maximum atomic E-state index is 12.7. The number of halogens is 5. The molecule has 0 aromatic carbocycles. The van der Waals surface area contributed by atoms with Crippen molar-refractivity contribution < 1.29 is 31.5 Å². The highest BCUT2D eigenvalue weighted by molar-refractivity contribution is 8.00. The lowest BCUT2D eigenvalue weighted by Gasteiger charge is -2.20. The second-order valence-electron chi connectivity index (χ2n) is 6.07. The average Bonchev–Trinajstić information content (AvgIpc) is 2.44. The van der Waals surface area contributed by atoms with Crippen molar-refractivity contribution in [1.82, 2.24) is 0 Å². The summed E-state index contributed by atoms with van der Waals surface area (Å²) in [7, 11) is 0. The summed E-state index contributed by atoms with van der Waals surface area (Å²) in [4.78, 5) is 12.0. The summed E-state index contributed by atoms with van der Waals surface area (Å²) in [6.07, 6.45) is -4.37. The Morgan fingerprint density at radius 1 is 1.04 bits per heavy atom. The van der Waals surface area contributed by atoms with Crippen LogP contribution in [0.15, 0.2) is 0 Å². The van der Waals surface area contributed by atoms with Gasteiger partial charge in [0, 0.05) is 6.42 Å². The smallest absolute Gasteiger partial charge is 0.453 e. The van der Waals surface area contributed by atoms with Gasteiger partial charge in [-0.25, -0.2) is 0 Å². The molecule has 0 saturated heterocycles. The van der Waals surface area contributed by atoms with Crippen molar-refractivity contribution in [3.05, 3.63) is 0 Å². The van der Waals surface area contributed by atoms with Gasteiger partial charge in [-0.1, -0.05) is 33.6 Å². The largest absolute Gasteiger partial charge is 0.465 e. The topological polar surface area (TPSA) is 26.3 Å². The SMILES string of the molecule is CCCCOC(=O)C(SCCCCCC(F)(F)C(F)(F)F)C(C)C. The number of rotatable bonds is 12. The van der Waals surface area contributed by atoms with Crippen LogP contribution in [-0.4, -0.2) is 35.7 Å². The fourth-order valence-corrected chi connectivity index (χ4v) is 3.12. The Labute approximate surface area is 144 Å². The molecule has 0 aromatic heterocycles. The standard InChI is InChI=1S/C16H27F5O2S/c1-4-5-10-23-14(22)13(12(2)3)24-11-8-6-7-9-15(17,18)16(19,20)21/h12-13H,4-11H2,1-3H3. The number of unbranched alkanes of at least 4 members (excludes halogenated alkanes) is 3. The Hall–Kier alpha value is -0.530. The Kier molecular flexibility index (Phi) is 10.9. The molecule has 0 saturated carbocycles. The number of alkyl halides is 5. The zero-order valence-electron chi connectivity index (χ0n) is 14.4. The molecule has 0 aromatic rings. The number of carbonyl (C=O) groups excluding carboxylic acids is 1. The van der Waals surface area contributed by atoms with E-state index in [-0.39, 0.29) is 30.0 Å². The fraction of sp³-hybridized carbons (Fsp3) is 0.938. The predicted molar refractivity (Wildman–Crippen MR) is 86.4 cm³/mol. The van der Waals surface area contributed by atoms with Crippen LogP contribution in [0, 0.1) is 5.92 Å². The highest BCUT2D eigenvalue weighted by Crippen LogP contribution is 2.39. The number of carbonyl (C=O) groups is 1. The van der Waals surface area contributed by atoms with E-state index in [1.54, 1.807) is 0 Å². The Morgan fingerprint density at radius 2 is 1.67 bits per heavy atom. The first-order valence-corrected chi connectivity index (χ1v) is 9.30. The van der Waals surface area contributed by atoms with Crippen LogP contribution in [-0.2, 0) is 9.53 Å². The normalized spacial score (nSPS) is 14.0. The van der Waals surface area contributed by atoms with Gasteiger partial charge < -0.3 is 4.74 Å². The van der Waals surface area contributed by atoms with E-state index in [0.29, 0.717) is 18.8 Å². The lowest BCUT2D eigenvalue weighted by atomic mass is 10.1. The van der Waals surface area contributed by atoms with Crippen LogP contribution in [0.1, 0.15) is 59.3 Å². The summed E-state index contributed by atoms with van der Waals surface area (Å²) < 4.78 is 66.7. The molecule has 0 aliphatic rings. The van der Waals surface area contributed by atoms with E-state index in [1.807, 2.05) is 20.8 Å². The van der Waals surface area contributed by atoms with Crippen molar-refractivity contribution in [3.63, 3.8) is 0 Å². The molecule has 0 radical (unpaired) electrons. The van der Waals surface area contributed by atoms with Crippen LogP contribution >= 0.6 is 11.8 Å². The molecule has 0 rings (SSSR count). The third-order valence-corrected chi connectivity index (χ3v) is 5.05. The van der Waals surface area contributed by atoms with E-state index < -0.39 is 18.5 Å². The van der Waals surface area contributed by atoms with Gasteiger partial charge in [-0.3, -0.25) is 4.79 Å². The molecule has 0 spiro atoms. The molecular formula is C16H27F5O2S. The van der Waals surface area contributed by atoms with Crippen LogP contribution in [0.5, 0.6) is 0 Å². The van der Waals surface area contributed by atoms with Crippen molar-refractivity contribution in [1.29, 1.82) is 0 Å². The van der Waals surface area contributed by atoms with Crippen molar-refractivity contribution >= 4 is 17.7 Å². The van der Waals surface area contributed by atoms with Crippen LogP contribution < -0.4 is 0 Å². The number of thioether (sulfide) groups is 1. The molecule has 1 unspecified atom stereocenters. The molecule has 2 nitrogen and oxygen atoms in total. The molecule has 0 aliphatic carbocycles. The zero-order chi connectivity index (χ0) is 18.8. The Morgan fingerprint density at radius 3 is 2.17 bits per heavy atom. The molecule has 0 aliphatic heterocycles. The predicted octanol–water partition coefficient (Wildman–Crippen LogP) is 5.85. The molecule has 1 atom stereocenters. The zero-order valence-corrected chi connectivity index (χ0v) is 15.2. The first kappa shape index (κ1) is 23.5. The van der Waals surface area contributed by atoms with Crippen LogP contribution in [0.4, 0.5) is 22.0 Å².